The van der Waals surface area contributed by atoms with Crippen LogP contribution in [0.3, 0.4) is 0 Å². The molecule has 0 bridgehead atoms. The number of hydrogen-bond acceptors (Lipinski definition) is 3. The van der Waals surface area contributed by atoms with Crippen LogP contribution in [0.1, 0.15) is 41.5 Å². The smallest absolute Gasteiger partial charge is 0.178 e. The quantitative estimate of drug-likeness (QED) is 0.326. The first-order valence-corrected chi connectivity index (χ1v) is 13.4. The first-order chi connectivity index (χ1) is 16.1. The molecule has 1 aliphatic heterocycles. The summed E-state index contributed by atoms with van der Waals surface area (Å²) in [5, 5.41) is 0. The Labute approximate surface area is 209 Å². The topological polar surface area (TPSA) is 37.4 Å². The maximum Gasteiger partial charge on any atom is 0.178 e. The van der Waals surface area contributed by atoms with E-state index in [1.54, 1.807) is 24.3 Å². The molecule has 0 unspecified atom stereocenters. The van der Waals surface area contributed by atoms with Crippen LogP contribution in [-0.4, -0.2) is 38.7 Å². The van der Waals surface area contributed by atoms with Crippen LogP contribution in [0.15, 0.2) is 89.3 Å². The molecule has 3 aromatic rings. The molecule has 0 amide bonds. The lowest BCUT2D eigenvalue weighted by Gasteiger charge is -2.30. The van der Waals surface area contributed by atoms with Gasteiger partial charge in [-0.2, -0.15) is 0 Å². The lowest BCUT2D eigenvalue weighted by Crippen LogP contribution is -2.32. The number of hydrogen-bond donors (Lipinski definition) is 0. The van der Waals surface area contributed by atoms with E-state index in [4.69, 9.17) is 0 Å². The van der Waals surface area contributed by atoms with E-state index < -0.39 is 9.84 Å². The van der Waals surface area contributed by atoms with E-state index in [-0.39, 0.29) is 18.2 Å². The Kier molecular flexibility index (Phi) is 7.72. The second-order valence-corrected chi connectivity index (χ2v) is 10.9. The standard InChI is InChI=1S/C29H29NO2S.ClH/c31-33(32,26-11-2-1-3-12-26)22-8-19-30-20-17-25(18-21-30)29-27-13-6-4-9-23(27)15-16-24-10-5-7-14-28(24)29;/h1-7,9-16H,8,17-22H2;1H. The molecule has 5 heteroatoms. The maximum atomic E-state index is 12.6. The van der Waals surface area contributed by atoms with Crippen molar-refractivity contribution in [1.29, 1.82) is 0 Å². The molecule has 0 saturated carbocycles. The van der Waals surface area contributed by atoms with Gasteiger partial charge in [0.25, 0.3) is 0 Å². The van der Waals surface area contributed by atoms with Gasteiger partial charge >= 0.3 is 0 Å². The van der Waals surface area contributed by atoms with E-state index in [0.29, 0.717) is 11.3 Å². The molecular weight excluding hydrogens is 462 g/mol. The van der Waals surface area contributed by atoms with Gasteiger partial charge in [0, 0.05) is 13.1 Å². The Bertz CT molecular complexity index is 1250. The van der Waals surface area contributed by atoms with Crippen molar-refractivity contribution < 1.29 is 8.42 Å². The molecule has 34 heavy (non-hydrogen) atoms. The molecule has 0 atom stereocenters. The SMILES string of the molecule is Cl.O=S(=O)(CCCN1CCC(=C2c3ccccc3C=Cc3ccccc32)CC1)c1ccccc1. The molecule has 2 aliphatic rings. The van der Waals surface area contributed by atoms with Crippen molar-refractivity contribution >= 4 is 40.0 Å². The number of benzene rings is 3. The van der Waals surface area contributed by atoms with E-state index in [1.165, 1.54) is 33.4 Å². The summed E-state index contributed by atoms with van der Waals surface area (Å²) in [4.78, 5) is 2.84. The van der Waals surface area contributed by atoms with Gasteiger partial charge in [0.05, 0.1) is 10.6 Å². The van der Waals surface area contributed by atoms with Crippen molar-refractivity contribution in [3.8, 4) is 0 Å². The molecule has 0 aromatic heterocycles. The molecule has 3 nitrogen and oxygen atoms in total. The highest BCUT2D eigenvalue weighted by Gasteiger charge is 2.23. The third kappa shape index (κ3) is 5.20. The predicted molar refractivity (Wildman–Crippen MR) is 144 cm³/mol. The van der Waals surface area contributed by atoms with Crippen molar-refractivity contribution in [2.75, 3.05) is 25.4 Å². The molecule has 0 radical (unpaired) electrons. The Morgan fingerprint density at radius 1 is 0.706 bits per heavy atom. The molecule has 1 fully saturated rings. The van der Waals surface area contributed by atoms with Crippen molar-refractivity contribution in [3.05, 3.63) is 107 Å². The number of likely N-dealkylation sites (tertiary alicyclic amines) is 1. The lowest BCUT2D eigenvalue weighted by atomic mass is 9.86. The summed E-state index contributed by atoms with van der Waals surface area (Å²) in [6, 6.07) is 26.1. The molecule has 176 valence electrons. The Morgan fingerprint density at radius 2 is 1.24 bits per heavy atom. The van der Waals surface area contributed by atoms with Crippen molar-refractivity contribution in [1.82, 2.24) is 4.90 Å². The fourth-order valence-corrected chi connectivity index (χ4v) is 6.28. The maximum absolute atomic E-state index is 12.6. The lowest BCUT2D eigenvalue weighted by molar-refractivity contribution is 0.258. The highest BCUT2D eigenvalue weighted by atomic mass is 35.5. The first kappa shape index (κ1) is 24.5. The van der Waals surface area contributed by atoms with Gasteiger partial charge in [0.15, 0.2) is 9.84 Å². The Balaban J connectivity index is 0.00000274. The third-order valence-corrected chi connectivity index (χ3v) is 8.52. The molecule has 1 saturated heterocycles. The number of sulfone groups is 1. The van der Waals surface area contributed by atoms with Gasteiger partial charge in [-0.15, -0.1) is 12.4 Å². The zero-order valence-corrected chi connectivity index (χ0v) is 20.8. The van der Waals surface area contributed by atoms with Gasteiger partial charge in [0.1, 0.15) is 0 Å². The van der Waals surface area contributed by atoms with E-state index in [0.717, 1.165) is 32.5 Å². The van der Waals surface area contributed by atoms with Crippen LogP contribution in [0.4, 0.5) is 0 Å². The number of piperidine rings is 1. The zero-order valence-electron chi connectivity index (χ0n) is 19.2. The second-order valence-electron chi connectivity index (χ2n) is 8.81. The van der Waals surface area contributed by atoms with Gasteiger partial charge in [0.2, 0.25) is 0 Å². The largest absolute Gasteiger partial charge is 0.303 e. The van der Waals surface area contributed by atoms with Crippen molar-refractivity contribution in [2.45, 2.75) is 24.2 Å². The Morgan fingerprint density at radius 3 is 1.82 bits per heavy atom. The normalized spacial score (nSPS) is 15.8. The fourth-order valence-electron chi connectivity index (χ4n) is 4.97. The summed E-state index contributed by atoms with van der Waals surface area (Å²) in [6.07, 6.45) is 7.15. The number of rotatable bonds is 5. The third-order valence-electron chi connectivity index (χ3n) is 6.71. The molecule has 1 heterocycles. The minimum absolute atomic E-state index is 0. The van der Waals surface area contributed by atoms with Crippen LogP contribution in [0.25, 0.3) is 17.7 Å². The summed E-state index contributed by atoms with van der Waals surface area (Å²) >= 11 is 0. The van der Waals surface area contributed by atoms with Crippen molar-refractivity contribution in [2.24, 2.45) is 0 Å². The zero-order chi connectivity index (χ0) is 22.7. The van der Waals surface area contributed by atoms with Gasteiger partial charge < -0.3 is 4.90 Å². The average Bonchev–Trinajstić information content (AvgIpc) is 3.02. The summed E-state index contributed by atoms with van der Waals surface area (Å²) in [6.45, 7) is 2.77. The average molecular weight is 492 g/mol. The van der Waals surface area contributed by atoms with Gasteiger partial charge in [-0.05, 0) is 65.8 Å². The van der Waals surface area contributed by atoms with E-state index in [1.807, 2.05) is 6.07 Å². The monoisotopic (exact) mass is 491 g/mol. The van der Waals surface area contributed by atoms with Crippen molar-refractivity contribution in [3.63, 3.8) is 0 Å². The van der Waals surface area contributed by atoms with Crippen LogP contribution >= 0.6 is 12.4 Å². The van der Waals surface area contributed by atoms with E-state index in [2.05, 4.69) is 65.6 Å². The fraction of sp³-hybridized carbons (Fsp3) is 0.241. The number of nitrogens with zero attached hydrogens (tertiary/aromatic N) is 1. The first-order valence-electron chi connectivity index (χ1n) is 11.7. The number of halogens is 1. The molecule has 3 aromatic carbocycles. The van der Waals surface area contributed by atoms with Crippen LogP contribution in [0, 0.1) is 0 Å². The van der Waals surface area contributed by atoms with Crippen LogP contribution in [-0.2, 0) is 9.84 Å². The van der Waals surface area contributed by atoms with E-state index in [9.17, 15) is 8.42 Å². The van der Waals surface area contributed by atoms with Gasteiger partial charge in [-0.3, -0.25) is 0 Å². The van der Waals surface area contributed by atoms with E-state index >= 15 is 0 Å². The van der Waals surface area contributed by atoms with Crippen LogP contribution in [0.2, 0.25) is 0 Å². The minimum atomic E-state index is -3.20. The van der Waals surface area contributed by atoms with Gasteiger partial charge in [-0.25, -0.2) is 8.42 Å². The van der Waals surface area contributed by atoms with Crippen LogP contribution in [0.5, 0.6) is 0 Å². The summed E-state index contributed by atoms with van der Waals surface area (Å²) < 4.78 is 25.1. The Hall–Kier alpha value is -2.66. The molecule has 1 aliphatic carbocycles. The summed E-state index contributed by atoms with van der Waals surface area (Å²) in [5.74, 6) is 0.202. The highest BCUT2D eigenvalue weighted by Crippen LogP contribution is 2.38. The second kappa shape index (κ2) is 10.7. The summed E-state index contributed by atoms with van der Waals surface area (Å²) in [7, 11) is -3.20. The van der Waals surface area contributed by atoms with Gasteiger partial charge in [-0.1, -0.05) is 84.5 Å². The summed E-state index contributed by atoms with van der Waals surface area (Å²) in [5.41, 5.74) is 8.06. The highest BCUT2D eigenvalue weighted by molar-refractivity contribution is 7.91. The minimum Gasteiger partial charge on any atom is -0.303 e. The number of fused-ring (bicyclic) bond motifs is 2. The molecule has 5 rings (SSSR count). The molecular formula is C29H30ClNO2S. The molecule has 0 spiro atoms. The molecule has 0 N–H and O–H groups in total. The predicted octanol–water partition coefficient (Wildman–Crippen LogP) is 6.35. The van der Waals surface area contributed by atoms with Crippen LogP contribution < -0.4 is 0 Å².